The van der Waals surface area contributed by atoms with E-state index in [1.54, 1.807) is 5.38 Å². The zero-order chi connectivity index (χ0) is 18.7. The molecule has 1 heterocycles. The standard InChI is InChI=1S/C14H12F3NO5S2/c1-22-13(19)12-11(6-7-24-12)23-10-5-3-2-4-9(10)18-25(20,21)8-14(15,16)17/h2-7,18H,8H2,1H3. The molecule has 0 aliphatic heterocycles. The van der Waals surface area contributed by atoms with Crippen LogP contribution in [0.1, 0.15) is 9.67 Å². The lowest BCUT2D eigenvalue weighted by Gasteiger charge is -2.14. The number of anilines is 1. The van der Waals surface area contributed by atoms with Crippen LogP contribution in [0, 0.1) is 0 Å². The fraction of sp³-hybridized carbons (Fsp3) is 0.214. The summed E-state index contributed by atoms with van der Waals surface area (Å²) in [4.78, 5) is 11.8. The Morgan fingerprint density at radius 3 is 2.52 bits per heavy atom. The molecule has 25 heavy (non-hydrogen) atoms. The Hall–Kier alpha value is -2.27. The van der Waals surface area contributed by atoms with E-state index >= 15 is 0 Å². The summed E-state index contributed by atoms with van der Waals surface area (Å²) in [5, 5.41) is 1.55. The minimum Gasteiger partial charge on any atom is -0.465 e. The fourth-order valence-electron chi connectivity index (χ4n) is 1.80. The van der Waals surface area contributed by atoms with Crippen LogP contribution in [0.4, 0.5) is 18.9 Å². The molecular formula is C14H12F3NO5S2. The monoisotopic (exact) mass is 395 g/mol. The smallest absolute Gasteiger partial charge is 0.404 e. The number of rotatable bonds is 6. The van der Waals surface area contributed by atoms with E-state index in [0.29, 0.717) is 0 Å². The van der Waals surface area contributed by atoms with Gasteiger partial charge >= 0.3 is 12.1 Å². The first-order valence-electron chi connectivity index (χ1n) is 6.61. The van der Waals surface area contributed by atoms with Gasteiger partial charge in [-0.1, -0.05) is 12.1 Å². The van der Waals surface area contributed by atoms with Crippen molar-refractivity contribution < 1.29 is 35.9 Å². The molecule has 136 valence electrons. The van der Waals surface area contributed by atoms with Gasteiger partial charge in [-0.15, -0.1) is 11.3 Å². The van der Waals surface area contributed by atoms with Gasteiger partial charge in [-0.05, 0) is 23.6 Å². The van der Waals surface area contributed by atoms with Crippen molar-refractivity contribution in [3.8, 4) is 11.5 Å². The van der Waals surface area contributed by atoms with Gasteiger partial charge in [-0.2, -0.15) is 13.2 Å². The summed E-state index contributed by atoms with van der Waals surface area (Å²) in [6, 6.07) is 6.98. The van der Waals surface area contributed by atoms with Crippen LogP contribution in [0.15, 0.2) is 35.7 Å². The van der Waals surface area contributed by atoms with Crippen molar-refractivity contribution in [3.63, 3.8) is 0 Å². The average Bonchev–Trinajstić information content (AvgIpc) is 2.94. The molecule has 1 aromatic heterocycles. The number of alkyl halides is 3. The fourth-order valence-corrected chi connectivity index (χ4v) is 3.54. The summed E-state index contributed by atoms with van der Waals surface area (Å²) in [7, 11) is -3.48. The maximum atomic E-state index is 12.3. The van der Waals surface area contributed by atoms with Crippen LogP contribution in [-0.2, 0) is 14.8 Å². The summed E-state index contributed by atoms with van der Waals surface area (Å²) in [5.74, 6) is -2.64. The number of ether oxygens (including phenoxy) is 2. The average molecular weight is 395 g/mol. The van der Waals surface area contributed by atoms with Crippen LogP contribution >= 0.6 is 11.3 Å². The largest absolute Gasteiger partial charge is 0.465 e. The van der Waals surface area contributed by atoms with E-state index in [2.05, 4.69) is 4.74 Å². The van der Waals surface area contributed by atoms with Crippen molar-refractivity contribution in [2.24, 2.45) is 0 Å². The summed E-state index contributed by atoms with van der Waals surface area (Å²) < 4.78 is 72.2. The molecule has 0 aliphatic carbocycles. The molecule has 0 spiro atoms. The van der Waals surface area contributed by atoms with E-state index in [0.717, 1.165) is 11.3 Å². The molecule has 2 rings (SSSR count). The third-order valence-corrected chi connectivity index (χ3v) is 4.84. The number of hydrogen-bond acceptors (Lipinski definition) is 6. The number of carbonyl (C=O) groups excluding carboxylic acids is 1. The molecule has 0 amide bonds. The number of halogens is 3. The third-order valence-electron chi connectivity index (χ3n) is 2.73. The molecule has 0 radical (unpaired) electrons. The van der Waals surface area contributed by atoms with E-state index in [4.69, 9.17) is 4.74 Å². The molecule has 0 saturated heterocycles. The highest BCUT2D eigenvalue weighted by Gasteiger charge is 2.35. The Kier molecular flexibility index (Phi) is 5.58. The predicted octanol–water partition coefficient (Wildman–Crippen LogP) is 3.63. The van der Waals surface area contributed by atoms with Crippen LogP contribution in [0.2, 0.25) is 0 Å². The Labute approximate surface area is 145 Å². The molecular weight excluding hydrogens is 383 g/mol. The molecule has 2 aromatic rings. The summed E-state index contributed by atoms with van der Waals surface area (Å²) in [6.07, 6.45) is -4.88. The second kappa shape index (κ2) is 7.31. The topological polar surface area (TPSA) is 81.7 Å². The molecule has 1 N–H and O–H groups in total. The van der Waals surface area contributed by atoms with Gasteiger partial charge in [-0.3, -0.25) is 4.72 Å². The SMILES string of the molecule is COC(=O)c1sccc1Oc1ccccc1NS(=O)(=O)CC(F)(F)F. The third kappa shape index (κ3) is 5.36. The number of para-hydroxylation sites is 2. The van der Waals surface area contributed by atoms with Gasteiger partial charge in [0.25, 0.3) is 0 Å². The number of carbonyl (C=O) groups is 1. The summed E-state index contributed by atoms with van der Waals surface area (Å²) in [6.45, 7) is 0. The lowest BCUT2D eigenvalue weighted by molar-refractivity contribution is -0.106. The van der Waals surface area contributed by atoms with Gasteiger partial charge in [0, 0.05) is 0 Å². The second-order valence-electron chi connectivity index (χ2n) is 4.68. The van der Waals surface area contributed by atoms with Crippen LogP contribution < -0.4 is 9.46 Å². The van der Waals surface area contributed by atoms with Crippen molar-refractivity contribution in [1.82, 2.24) is 0 Å². The molecule has 0 bridgehead atoms. The molecule has 6 nitrogen and oxygen atoms in total. The van der Waals surface area contributed by atoms with E-state index in [9.17, 15) is 26.4 Å². The maximum Gasteiger partial charge on any atom is 0.404 e. The van der Waals surface area contributed by atoms with Crippen LogP contribution in [0.3, 0.4) is 0 Å². The number of sulfonamides is 1. The highest BCUT2D eigenvalue weighted by molar-refractivity contribution is 7.92. The number of benzene rings is 1. The van der Waals surface area contributed by atoms with Gasteiger partial charge in [0.2, 0.25) is 10.0 Å². The Bertz CT molecular complexity index is 861. The van der Waals surface area contributed by atoms with Gasteiger partial charge < -0.3 is 9.47 Å². The first-order valence-corrected chi connectivity index (χ1v) is 9.14. The zero-order valence-corrected chi connectivity index (χ0v) is 14.3. The molecule has 0 atom stereocenters. The molecule has 0 unspecified atom stereocenters. The van der Waals surface area contributed by atoms with Gasteiger partial charge in [0.1, 0.15) is 0 Å². The van der Waals surface area contributed by atoms with Crippen molar-refractivity contribution in [3.05, 3.63) is 40.6 Å². The molecule has 0 saturated carbocycles. The summed E-state index contributed by atoms with van der Waals surface area (Å²) in [5.41, 5.74) is -0.186. The van der Waals surface area contributed by atoms with E-state index < -0.39 is 27.9 Å². The number of esters is 1. The van der Waals surface area contributed by atoms with Gasteiger partial charge in [0.05, 0.1) is 12.8 Å². The van der Waals surface area contributed by atoms with Crippen molar-refractivity contribution in [1.29, 1.82) is 0 Å². The highest BCUT2D eigenvalue weighted by Crippen LogP contribution is 2.35. The van der Waals surface area contributed by atoms with Crippen molar-refractivity contribution in [2.45, 2.75) is 6.18 Å². The second-order valence-corrected chi connectivity index (χ2v) is 7.32. The van der Waals surface area contributed by atoms with E-state index in [-0.39, 0.29) is 22.1 Å². The van der Waals surface area contributed by atoms with Crippen LogP contribution in [-0.4, -0.2) is 33.4 Å². The van der Waals surface area contributed by atoms with Crippen molar-refractivity contribution in [2.75, 3.05) is 17.6 Å². The lowest BCUT2D eigenvalue weighted by Crippen LogP contribution is -2.28. The Morgan fingerprint density at radius 1 is 1.20 bits per heavy atom. The van der Waals surface area contributed by atoms with E-state index in [1.807, 2.05) is 4.72 Å². The number of methoxy groups -OCH3 is 1. The summed E-state index contributed by atoms with van der Waals surface area (Å²) >= 11 is 1.04. The molecule has 1 aromatic carbocycles. The predicted molar refractivity (Wildman–Crippen MR) is 85.6 cm³/mol. The minimum absolute atomic E-state index is 0.0585. The van der Waals surface area contributed by atoms with Crippen LogP contribution in [0.5, 0.6) is 11.5 Å². The quantitative estimate of drug-likeness (QED) is 0.756. The first kappa shape index (κ1) is 19.1. The first-order chi connectivity index (χ1) is 11.6. The van der Waals surface area contributed by atoms with Crippen molar-refractivity contribution >= 4 is 33.0 Å². The Morgan fingerprint density at radius 2 is 1.88 bits per heavy atom. The zero-order valence-electron chi connectivity index (χ0n) is 12.7. The number of nitrogens with one attached hydrogen (secondary N) is 1. The maximum absolute atomic E-state index is 12.3. The Balaban J connectivity index is 2.28. The lowest BCUT2D eigenvalue weighted by atomic mass is 10.3. The van der Waals surface area contributed by atoms with Gasteiger partial charge in [-0.25, -0.2) is 13.2 Å². The van der Waals surface area contributed by atoms with Gasteiger partial charge in [0.15, 0.2) is 22.1 Å². The minimum atomic E-state index is -4.88. The molecule has 11 heteroatoms. The highest BCUT2D eigenvalue weighted by atomic mass is 32.2. The number of thiophene rings is 1. The van der Waals surface area contributed by atoms with Crippen LogP contribution in [0.25, 0.3) is 0 Å². The normalized spacial score (nSPS) is 11.8. The molecule has 0 aliphatic rings. The van der Waals surface area contributed by atoms with E-state index in [1.165, 1.54) is 37.4 Å². The molecule has 0 fully saturated rings. The number of hydrogen-bond donors (Lipinski definition) is 1.